The molecule has 0 spiro atoms. The normalized spacial score (nSPS) is 12.2. The van der Waals surface area contributed by atoms with Gasteiger partial charge in [-0.25, -0.2) is 9.38 Å². The lowest BCUT2D eigenvalue weighted by atomic mass is 10.3. The lowest BCUT2D eigenvalue weighted by molar-refractivity contribution is 0.110. The van der Waals surface area contributed by atoms with Gasteiger partial charge in [-0.15, -0.1) is 35.3 Å². The van der Waals surface area contributed by atoms with Crippen LogP contribution in [-0.4, -0.2) is 36.9 Å². The first-order valence-electron chi connectivity index (χ1n) is 8.77. The van der Waals surface area contributed by atoms with E-state index in [9.17, 15) is 9.50 Å². The van der Waals surface area contributed by atoms with Crippen LogP contribution < -0.4 is 15.4 Å². The number of nitrogens with one attached hydrogen (secondary N) is 2. The average molecular weight is 507 g/mol. The number of aliphatic hydroxyl groups excluding tert-OH is 1. The molecule has 0 amide bonds. The van der Waals surface area contributed by atoms with Gasteiger partial charge in [0.2, 0.25) is 0 Å². The van der Waals surface area contributed by atoms with Crippen LogP contribution in [0.3, 0.4) is 0 Å². The van der Waals surface area contributed by atoms with Gasteiger partial charge in [0.05, 0.1) is 6.54 Å². The van der Waals surface area contributed by atoms with E-state index >= 15 is 0 Å². The Kier molecular flexibility index (Phi) is 11.3. The number of hydrogen-bond acceptors (Lipinski definition) is 4. The number of thiophene rings is 1. The molecule has 0 saturated carbocycles. The maximum Gasteiger partial charge on any atom is 0.191 e. The van der Waals surface area contributed by atoms with Crippen molar-refractivity contribution in [2.75, 3.05) is 19.7 Å². The van der Waals surface area contributed by atoms with Gasteiger partial charge in [-0.2, -0.15) is 0 Å². The molecule has 1 aromatic carbocycles. The van der Waals surface area contributed by atoms with Crippen molar-refractivity contribution in [3.8, 4) is 5.75 Å². The first-order chi connectivity index (χ1) is 12.6. The van der Waals surface area contributed by atoms with Gasteiger partial charge in [-0.1, -0.05) is 6.92 Å². The van der Waals surface area contributed by atoms with E-state index in [1.165, 1.54) is 34.0 Å². The van der Waals surface area contributed by atoms with Crippen LogP contribution in [0.25, 0.3) is 0 Å². The van der Waals surface area contributed by atoms with Crippen molar-refractivity contribution < 1.29 is 14.2 Å². The lowest BCUT2D eigenvalue weighted by Gasteiger charge is -2.16. The first-order valence-corrected chi connectivity index (χ1v) is 9.58. The summed E-state index contributed by atoms with van der Waals surface area (Å²) in [7, 11) is 0. The highest BCUT2D eigenvalue weighted by Gasteiger charge is 2.07. The van der Waals surface area contributed by atoms with Crippen LogP contribution in [0, 0.1) is 5.82 Å². The van der Waals surface area contributed by atoms with Crippen molar-refractivity contribution in [3.05, 3.63) is 52.0 Å². The quantitative estimate of drug-likeness (QED) is 0.276. The number of rotatable bonds is 9. The zero-order valence-corrected chi connectivity index (χ0v) is 18.7. The molecule has 1 unspecified atom stereocenters. The van der Waals surface area contributed by atoms with Crippen molar-refractivity contribution in [3.63, 3.8) is 0 Å². The summed E-state index contributed by atoms with van der Waals surface area (Å²) in [6, 6.07) is 9.95. The third-order valence-corrected chi connectivity index (χ3v) is 4.78. The summed E-state index contributed by atoms with van der Waals surface area (Å²) < 4.78 is 18.3. The van der Waals surface area contributed by atoms with E-state index in [1.54, 1.807) is 11.3 Å². The molecule has 8 heteroatoms. The zero-order valence-electron chi connectivity index (χ0n) is 15.6. The Morgan fingerprint density at radius 3 is 2.48 bits per heavy atom. The van der Waals surface area contributed by atoms with E-state index in [-0.39, 0.29) is 36.4 Å². The Morgan fingerprint density at radius 1 is 1.15 bits per heavy atom. The van der Waals surface area contributed by atoms with Crippen LogP contribution in [0.15, 0.2) is 41.4 Å². The minimum atomic E-state index is -0.711. The predicted molar refractivity (Wildman–Crippen MR) is 120 cm³/mol. The van der Waals surface area contributed by atoms with Crippen molar-refractivity contribution in [1.82, 2.24) is 10.6 Å². The number of ether oxygens (including phenoxy) is 1. The van der Waals surface area contributed by atoms with Gasteiger partial charge in [0.1, 0.15) is 24.3 Å². The number of hydrogen-bond donors (Lipinski definition) is 3. The molecule has 150 valence electrons. The number of aliphatic imine (C=N–C) groups is 1. The highest BCUT2D eigenvalue weighted by Crippen LogP contribution is 2.17. The van der Waals surface area contributed by atoms with Crippen molar-refractivity contribution >= 4 is 41.3 Å². The number of guanidine groups is 1. The van der Waals surface area contributed by atoms with E-state index in [2.05, 4.69) is 34.7 Å². The van der Waals surface area contributed by atoms with Gasteiger partial charge in [-0.05, 0) is 49.7 Å². The van der Waals surface area contributed by atoms with E-state index < -0.39 is 6.10 Å². The molecule has 0 bridgehead atoms. The van der Waals surface area contributed by atoms with Crippen molar-refractivity contribution in [2.24, 2.45) is 4.99 Å². The number of aryl methyl sites for hydroxylation is 1. The Bertz CT molecular complexity index is 695. The second-order valence-electron chi connectivity index (χ2n) is 5.72. The largest absolute Gasteiger partial charge is 0.491 e. The van der Waals surface area contributed by atoms with Gasteiger partial charge >= 0.3 is 0 Å². The summed E-state index contributed by atoms with van der Waals surface area (Å²) >= 11 is 1.77. The zero-order chi connectivity index (χ0) is 18.8. The van der Waals surface area contributed by atoms with Crippen molar-refractivity contribution in [2.45, 2.75) is 32.9 Å². The molecule has 1 aromatic heterocycles. The van der Waals surface area contributed by atoms with Gasteiger partial charge in [0, 0.05) is 22.8 Å². The Balaban J connectivity index is 0.00000364. The Morgan fingerprint density at radius 2 is 1.85 bits per heavy atom. The summed E-state index contributed by atoms with van der Waals surface area (Å²) in [6.45, 7) is 5.88. The number of benzene rings is 1. The molecule has 1 heterocycles. The molecule has 0 aliphatic heterocycles. The predicted octanol–water partition coefficient (Wildman–Crippen LogP) is 3.56. The minimum absolute atomic E-state index is 0. The van der Waals surface area contributed by atoms with Crippen LogP contribution in [0.2, 0.25) is 0 Å². The molecule has 5 nitrogen and oxygen atoms in total. The van der Waals surface area contributed by atoms with Crippen LogP contribution in [0.1, 0.15) is 23.6 Å². The number of halogens is 2. The summed E-state index contributed by atoms with van der Waals surface area (Å²) in [6.07, 6.45) is 0.324. The molecular formula is C19H27FIN3O2S. The second-order valence-corrected chi connectivity index (χ2v) is 6.97. The molecule has 0 fully saturated rings. The van der Waals surface area contributed by atoms with Crippen LogP contribution >= 0.6 is 35.3 Å². The molecule has 1 atom stereocenters. The van der Waals surface area contributed by atoms with Crippen molar-refractivity contribution in [1.29, 1.82) is 0 Å². The topological polar surface area (TPSA) is 65.9 Å². The fourth-order valence-electron chi connectivity index (χ4n) is 2.19. The maximum atomic E-state index is 12.9. The molecule has 3 N–H and O–H groups in total. The fourth-order valence-corrected chi connectivity index (χ4v) is 3.08. The van der Waals surface area contributed by atoms with Crippen LogP contribution in [0.5, 0.6) is 5.75 Å². The van der Waals surface area contributed by atoms with Gasteiger partial charge in [0.15, 0.2) is 5.96 Å². The Labute approximate surface area is 181 Å². The molecule has 2 aromatic rings. The smallest absolute Gasteiger partial charge is 0.191 e. The van der Waals surface area contributed by atoms with E-state index in [0.717, 1.165) is 13.0 Å². The summed E-state index contributed by atoms with van der Waals surface area (Å²) in [5, 5.41) is 16.3. The third-order valence-electron chi connectivity index (χ3n) is 3.56. The Hall–Kier alpha value is -1.39. The van der Waals surface area contributed by atoms with E-state index in [0.29, 0.717) is 24.8 Å². The maximum absolute atomic E-state index is 12.9. The fraction of sp³-hybridized carbons (Fsp3) is 0.421. The highest BCUT2D eigenvalue weighted by molar-refractivity contribution is 14.0. The highest BCUT2D eigenvalue weighted by atomic mass is 127. The number of nitrogens with zero attached hydrogens (tertiary/aromatic N) is 1. The van der Waals surface area contributed by atoms with Crippen LogP contribution in [-0.2, 0) is 13.0 Å². The summed E-state index contributed by atoms with van der Waals surface area (Å²) in [4.78, 5) is 7.10. The molecule has 0 aliphatic rings. The monoisotopic (exact) mass is 507 g/mol. The average Bonchev–Trinajstić information content (AvgIpc) is 3.11. The minimum Gasteiger partial charge on any atom is -0.491 e. The molecular weight excluding hydrogens is 480 g/mol. The second kappa shape index (κ2) is 12.9. The first kappa shape index (κ1) is 23.6. The lowest BCUT2D eigenvalue weighted by Crippen LogP contribution is -2.42. The van der Waals surface area contributed by atoms with E-state index in [4.69, 9.17) is 4.74 Å². The molecule has 0 saturated heterocycles. The van der Waals surface area contributed by atoms with Gasteiger partial charge < -0.3 is 20.5 Å². The van der Waals surface area contributed by atoms with E-state index in [1.807, 2.05) is 6.92 Å². The molecule has 27 heavy (non-hydrogen) atoms. The van der Waals surface area contributed by atoms with Crippen LogP contribution in [0.4, 0.5) is 4.39 Å². The summed E-state index contributed by atoms with van der Waals surface area (Å²) in [5.74, 6) is 0.859. The van der Waals surface area contributed by atoms with Gasteiger partial charge in [-0.3, -0.25) is 0 Å². The standard InChI is InChI=1S/C19H26FN3O2S.HI/c1-3-17-9-10-18(26-17)12-23-19(21-4-2)22-11-15(24)13-25-16-7-5-14(20)6-8-16;/h5-10,15,24H,3-4,11-13H2,1-2H3,(H2,21,22,23);1H. The third kappa shape index (κ3) is 8.89. The summed E-state index contributed by atoms with van der Waals surface area (Å²) in [5.41, 5.74) is 0. The molecule has 0 radical (unpaired) electrons. The van der Waals surface area contributed by atoms with Gasteiger partial charge in [0.25, 0.3) is 0 Å². The number of aliphatic hydroxyl groups is 1. The molecule has 0 aliphatic carbocycles. The SMILES string of the molecule is CCNC(=NCc1ccc(CC)s1)NCC(O)COc1ccc(F)cc1.I. The molecule has 2 rings (SSSR count).